The van der Waals surface area contributed by atoms with Crippen LogP contribution in [0.2, 0.25) is 0 Å². The molecule has 30 heavy (non-hydrogen) atoms. The lowest BCUT2D eigenvalue weighted by molar-refractivity contribution is -0.384. The molecule has 0 radical (unpaired) electrons. The van der Waals surface area contributed by atoms with E-state index in [0.717, 1.165) is 0 Å². The van der Waals surface area contributed by atoms with Gasteiger partial charge in [-0.25, -0.2) is 0 Å². The van der Waals surface area contributed by atoms with Crippen LogP contribution in [0.5, 0.6) is 11.5 Å². The second-order valence-electron chi connectivity index (χ2n) is 5.68. The van der Waals surface area contributed by atoms with E-state index in [-0.39, 0.29) is 22.7 Å². The second-order valence-corrected chi connectivity index (χ2v) is 7.39. The second kappa shape index (κ2) is 10.6. The Morgan fingerprint density at radius 2 is 2.00 bits per heavy atom. The van der Waals surface area contributed by atoms with Crippen LogP contribution in [0.1, 0.15) is 5.56 Å². The summed E-state index contributed by atoms with van der Waals surface area (Å²) < 4.78 is 11.7. The maximum Gasteiger partial charge on any atom is 0.296 e. The summed E-state index contributed by atoms with van der Waals surface area (Å²) in [5.74, 6) is 0.0260. The molecule has 0 aliphatic carbocycles. The first-order valence-corrected chi connectivity index (χ1v) is 9.87. The number of hydrogen-bond acceptors (Lipinski definition) is 6. The Balaban J connectivity index is 2.33. The molecule has 0 spiro atoms. The number of nitro groups is 1. The average molecular weight is 537 g/mol. The van der Waals surface area contributed by atoms with Crippen molar-refractivity contribution in [3.8, 4) is 17.6 Å². The van der Waals surface area contributed by atoms with Crippen LogP contribution >= 0.6 is 31.9 Å². The summed E-state index contributed by atoms with van der Waals surface area (Å²) in [6.45, 7) is 3.89. The third-order valence-electron chi connectivity index (χ3n) is 3.69. The molecular formula is C20H15Br2N3O5. The summed E-state index contributed by atoms with van der Waals surface area (Å²) in [4.78, 5) is 23.2. The van der Waals surface area contributed by atoms with Gasteiger partial charge in [0.05, 0.1) is 27.0 Å². The van der Waals surface area contributed by atoms with Crippen LogP contribution in [-0.4, -0.2) is 24.5 Å². The lowest BCUT2D eigenvalue weighted by Gasteiger charge is -2.10. The average Bonchev–Trinajstić information content (AvgIpc) is 2.71. The normalized spacial score (nSPS) is 10.7. The van der Waals surface area contributed by atoms with Gasteiger partial charge < -0.3 is 14.8 Å². The number of anilines is 1. The highest BCUT2D eigenvalue weighted by molar-refractivity contribution is 9.11. The molecule has 0 aromatic heterocycles. The Morgan fingerprint density at radius 1 is 1.33 bits per heavy atom. The summed E-state index contributed by atoms with van der Waals surface area (Å²) in [5.41, 5.74) is -0.106. The Kier molecular flexibility index (Phi) is 8.15. The van der Waals surface area contributed by atoms with Crippen molar-refractivity contribution < 1.29 is 19.2 Å². The smallest absolute Gasteiger partial charge is 0.296 e. The van der Waals surface area contributed by atoms with Crippen LogP contribution in [0.15, 0.2) is 57.5 Å². The minimum atomic E-state index is -0.787. The van der Waals surface area contributed by atoms with E-state index in [4.69, 9.17) is 9.47 Å². The van der Waals surface area contributed by atoms with Gasteiger partial charge in [0.1, 0.15) is 35.4 Å². The van der Waals surface area contributed by atoms with Gasteiger partial charge in [-0.2, -0.15) is 5.26 Å². The zero-order chi connectivity index (χ0) is 22.3. The van der Waals surface area contributed by atoms with E-state index in [1.807, 2.05) is 6.07 Å². The number of ether oxygens (including phenoxy) is 2. The fourth-order valence-electron chi connectivity index (χ4n) is 2.34. The lowest BCUT2D eigenvalue weighted by Crippen LogP contribution is -2.14. The number of methoxy groups -OCH3 is 1. The summed E-state index contributed by atoms with van der Waals surface area (Å²) in [7, 11) is 1.37. The maximum atomic E-state index is 12.5. The van der Waals surface area contributed by atoms with Gasteiger partial charge in [0.2, 0.25) is 0 Å². The molecule has 2 rings (SSSR count). The third-order valence-corrected chi connectivity index (χ3v) is 4.87. The van der Waals surface area contributed by atoms with Crippen molar-refractivity contribution in [1.82, 2.24) is 0 Å². The maximum absolute atomic E-state index is 12.5. The van der Waals surface area contributed by atoms with E-state index < -0.39 is 10.8 Å². The van der Waals surface area contributed by atoms with Crippen LogP contribution in [0.4, 0.5) is 11.4 Å². The number of halogens is 2. The number of nitriles is 1. The first-order chi connectivity index (χ1) is 14.3. The monoisotopic (exact) mass is 535 g/mol. The number of hydrogen-bond donors (Lipinski definition) is 1. The molecule has 0 bridgehead atoms. The van der Waals surface area contributed by atoms with Gasteiger partial charge in [-0.05, 0) is 67.8 Å². The molecule has 2 aromatic carbocycles. The van der Waals surface area contributed by atoms with Crippen molar-refractivity contribution >= 4 is 55.2 Å². The minimum Gasteiger partial charge on any atom is -0.496 e. The largest absolute Gasteiger partial charge is 0.496 e. The predicted molar refractivity (Wildman–Crippen MR) is 119 cm³/mol. The summed E-state index contributed by atoms with van der Waals surface area (Å²) in [5, 5.41) is 23.1. The van der Waals surface area contributed by atoms with E-state index in [1.54, 1.807) is 18.2 Å². The highest BCUT2D eigenvalue weighted by atomic mass is 79.9. The zero-order valence-electron chi connectivity index (χ0n) is 15.6. The standard InChI is InChI=1S/C20H15Br2N3O5/c1-3-6-30-19-15(21)8-12(9-16(19)22)7-13(11-23)20(26)24-17-5-4-14(29-2)10-18(17)25(27)28/h3-5,7-10H,1,6H2,2H3,(H,24,26)/b13-7+. The van der Waals surface area contributed by atoms with Crippen LogP contribution in [-0.2, 0) is 4.79 Å². The molecule has 0 saturated carbocycles. The molecule has 0 aliphatic rings. The van der Waals surface area contributed by atoms with E-state index >= 15 is 0 Å². The van der Waals surface area contributed by atoms with Gasteiger partial charge in [0, 0.05) is 0 Å². The van der Waals surface area contributed by atoms with E-state index in [0.29, 0.717) is 26.9 Å². The topological polar surface area (TPSA) is 114 Å². The Hall–Kier alpha value is -3.16. The number of carbonyl (C=O) groups excluding carboxylic acids is 1. The van der Waals surface area contributed by atoms with Gasteiger partial charge in [-0.15, -0.1) is 0 Å². The minimum absolute atomic E-state index is 0.0533. The number of rotatable bonds is 8. The Bertz CT molecular complexity index is 1050. The quantitative estimate of drug-likeness (QED) is 0.162. The molecule has 0 saturated heterocycles. The summed E-state index contributed by atoms with van der Waals surface area (Å²) in [6, 6.07) is 9.13. The van der Waals surface area contributed by atoms with Crippen LogP contribution in [0, 0.1) is 21.4 Å². The highest BCUT2D eigenvalue weighted by Crippen LogP contribution is 2.35. The van der Waals surface area contributed by atoms with Gasteiger partial charge >= 0.3 is 0 Å². The number of benzene rings is 2. The van der Waals surface area contributed by atoms with Crippen LogP contribution < -0.4 is 14.8 Å². The third kappa shape index (κ3) is 5.68. The fourth-order valence-corrected chi connectivity index (χ4v) is 3.79. The lowest BCUT2D eigenvalue weighted by atomic mass is 10.1. The Labute approximate surface area is 189 Å². The van der Waals surface area contributed by atoms with Crippen molar-refractivity contribution in [3.05, 3.63) is 73.2 Å². The SMILES string of the molecule is C=CCOc1c(Br)cc(/C=C(\C#N)C(=O)Nc2ccc(OC)cc2[N+](=O)[O-])cc1Br. The molecule has 1 amide bonds. The summed E-state index contributed by atoms with van der Waals surface area (Å²) >= 11 is 6.76. The molecule has 0 aliphatic heterocycles. The fraction of sp³-hybridized carbons (Fsp3) is 0.100. The molecule has 0 heterocycles. The van der Waals surface area contributed by atoms with Crippen molar-refractivity contribution in [2.24, 2.45) is 0 Å². The van der Waals surface area contributed by atoms with E-state index in [2.05, 4.69) is 43.8 Å². The number of nitrogens with zero attached hydrogens (tertiary/aromatic N) is 2. The zero-order valence-corrected chi connectivity index (χ0v) is 18.8. The highest BCUT2D eigenvalue weighted by Gasteiger charge is 2.19. The molecule has 1 N–H and O–H groups in total. The molecular weight excluding hydrogens is 522 g/mol. The Morgan fingerprint density at radius 3 is 2.53 bits per heavy atom. The first kappa shape index (κ1) is 23.1. The molecule has 0 atom stereocenters. The first-order valence-electron chi connectivity index (χ1n) is 8.29. The molecule has 0 unspecified atom stereocenters. The predicted octanol–water partition coefficient (Wildman–Crippen LogP) is 5.24. The number of amides is 1. The van der Waals surface area contributed by atoms with E-state index in [9.17, 15) is 20.2 Å². The molecule has 2 aromatic rings. The summed E-state index contributed by atoms with van der Waals surface area (Å²) in [6.07, 6.45) is 2.96. The van der Waals surface area contributed by atoms with E-state index in [1.165, 1.54) is 31.4 Å². The van der Waals surface area contributed by atoms with Gasteiger partial charge in [-0.1, -0.05) is 12.7 Å². The molecule has 10 heteroatoms. The number of nitro benzene ring substituents is 1. The van der Waals surface area contributed by atoms with Crippen molar-refractivity contribution in [2.45, 2.75) is 0 Å². The molecule has 8 nitrogen and oxygen atoms in total. The van der Waals surface area contributed by atoms with Crippen molar-refractivity contribution in [3.63, 3.8) is 0 Å². The van der Waals surface area contributed by atoms with Gasteiger partial charge in [0.25, 0.3) is 11.6 Å². The molecule has 154 valence electrons. The van der Waals surface area contributed by atoms with Gasteiger partial charge in [-0.3, -0.25) is 14.9 Å². The number of nitrogens with one attached hydrogen (secondary N) is 1. The van der Waals surface area contributed by atoms with Crippen LogP contribution in [0.3, 0.4) is 0 Å². The number of carbonyl (C=O) groups is 1. The molecule has 0 fully saturated rings. The van der Waals surface area contributed by atoms with Crippen molar-refractivity contribution in [2.75, 3.05) is 19.0 Å². The van der Waals surface area contributed by atoms with Crippen LogP contribution in [0.25, 0.3) is 6.08 Å². The van der Waals surface area contributed by atoms with Crippen molar-refractivity contribution in [1.29, 1.82) is 5.26 Å². The van der Waals surface area contributed by atoms with Gasteiger partial charge in [0.15, 0.2) is 0 Å².